The van der Waals surface area contributed by atoms with Gasteiger partial charge in [0.15, 0.2) is 0 Å². The molecule has 0 saturated carbocycles. The van der Waals surface area contributed by atoms with E-state index in [1.807, 2.05) is 0 Å². The van der Waals surface area contributed by atoms with Crippen molar-refractivity contribution < 1.29 is 0 Å². The number of likely N-dealkylation sites (tertiary alicyclic amines) is 1. The molecule has 0 unspecified atom stereocenters. The topological polar surface area (TPSA) is 3.24 Å². The molecule has 52 valence electrons. The van der Waals surface area contributed by atoms with Crippen molar-refractivity contribution in [1.29, 1.82) is 0 Å². The summed E-state index contributed by atoms with van der Waals surface area (Å²) in [6.07, 6.45) is 7.42. The van der Waals surface area contributed by atoms with Gasteiger partial charge in [0.2, 0.25) is 0 Å². The molecule has 0 spiro atoms. The summed E-state index contributed by atoms with van der Waals surface area (Å²) in [5, 5.41) is 0. The van der Waals surface area contributed by atoms with Crippen LogP contribution in [0, 0.1) is 12.3 Å². The fourth-order valence-corrected chi connectivity index (χ4v) is 0.875. The van der Waals surface area contributed by atoms with E-state index >= 15 is 0 Å². The van der Waals surface area contributed by atoms with Crippen molar-refractivity contribution in [2.75, 3.05) is 20.1 Å². The molecule has 1 heteroatoms. The molecule has 0 N–H and O–H groups in total. The van der Waals surface area contributed by atoms with Crippen LogP contribution in [0.15, 0.2) is 0 Å². The lowest BCUT2D eigenvalue weighted by Gasteiger charge is -2.01. The van der Waals surface area contributed by atoms with Crippen LogP contribution >= 0.6 is 0 Å². The quantitative estimate of drug-likeness (QED) is 0.442. The van der Waals surface area contributed by atoms with E-state index in [9.17, 15) is 0 Å². The van der Waals surface area contributed by atoms with Crippen molar-refractivity contribution >= 4 is 0 Å². The molecule has 1 fully saturated rings. The zero-order chi connectivity index (χ0) is 7.11. The molecule has 1 nitrogen and oxygen atoms in total. The fraction of sp³-hybridized carbons (Fsp3) is 0.750. The van der Waals surface area contributed by atoms with E-state index in [2.05, 4.69) is 24.3 Å². The third-order valence-electron chi connectivity index (χ3n) is 1.33. The minimum Gasteiger partial charge on any atom is -0.306 e. The zero-order valence-corrected chi connectivity index (χ0v) is 6.35. The van der Waals surface area contributed by atoms with E-state index in [1.54, 1.807) is 6.92 Å². The van der Waals surface area contributed by atoms with Gasteiger partial charge in [-0.15, -0.1) is 12.3 Å². The van der Waals surface area contributed by atoms with Crippen LogP contribution in [0.4, 0.5) is 0 Å². The van der Waals surface area contributed by atoms with Gasteiger partial charge in [0.1, 0.15) is 0 Å². The first-order valence-corrected chi connectivity index (χ1v) is 3.37. The van der Waals surface area contributed by atoms with Gasteiger partial charge in [0.05, 0.1) is 0 Å². The monoisotopic (exact) mass is 125 g/mol. The van der Waals surface area contributed by atoms with Gasteiger partial charge in [-0.2, -0.15) is 0 Å². The second-order valence-electron chi connectivity index (χ2n) is 2.30. The maximum atomic E-state index is 4.60. The molecule has 0 aromatic rings. The summed E-state index contributed by atoms with van der Waals surface area (Å²) >= 11 is 0. The van der Waals surface area contributed by atoms with Crippen LogP contribution in [0.5, 0.6) is 0 Å². The van der Waals surface area contributed by atoms with Crippen molar-refractivity contribution in [2.24, 2.45) is 0 Å². The highest BCUT2D eigenvalue weighted by Crippen LogP contribution is 2.01. The van der Waals surface area contributed by atoms with Gasteiger partial charge in [0, 0.05) is 0 Å². The summed E-state index contributed by atoms with van der Waals surface area (Å²) in [5.74, 6) is 2.25. The Kier molecular flexibility index (Phi) is 5.35. The summed E-state index contributed by atoms with van der Waals surface area (Å²) < 4.78 is 0. The normalized spacial score (nSPS) is 17.9. The Hall–Kier alpha value is -0.480. The largest absolute Gasteiger partial charge is 0.306 e. The molecular weight excluding hydrogens is 110 g/mol. The molecule has 1 heterocycles. The number of hydrogen-bond donors (Lipinski definition) is 0. The molecule has 0 aliphatic carbocycles. The molecule has 0 bridgehead atoms. The van der Waals surface area contributed by atoms with Gasteiger partial charge in [-0.05, 0) is 39.9 Å². The summed E-state index contributed by atoms with van der Waals surface area (Å²) in [7, 11) is 2.17. The Balaban J connectivity index is 0.000000187. The zero-order valence-electron chi connectivity index (χ0n) is 6.35. The lowest BCUT2D eigenvalue weighted by atomic mass is 10.4. The van der Waals surface area contributed by atoms with Crippen LogP contribution in [-0.2, 0) is 0 Å². The molecule has 1 aliphatic rings. The Morgan fingerprint density at radius 3 is 1.78 bits per heavy atom. The minimum atomic E-state index is 1.32. The highest BCUT2D eigenvalue weighted by Gasteiger charge is 2.03. The predicted molar refractivity (Wildman–Crippen MR) is 41.2 cm³/mol. The number of hydrogen-bond acceptors (Lipinski definition) is 1. The molecule has 0 atom stereocenters. The van der Waals surface area contributed by atoms with Crippen LogP contribution in [-0.4, -0.2) is 25.0 Å². The van der Waals surface area contributed by atoms with Gasteiger partial charge in [0.25, 0.3) is 0 Å². The van der Waals surface area contributed by atoms with Crippen molar-refractivity contribution in [3.05, 3.63) is 0 Å². The smallest absolute Gasteiger partial charge is 0.00213 e. The molecule has 1 aliphatic heterocycles. The summed E-state index contributed by atoms with van der Waals surface area (Å²) in [6.45, 7) is 4.29. The first-order chi connectivity index (χ1) is 4.31. The number of nitrogens with zero attached hydrogens (tertiary/aromatic N) is 1. The number of rotatable bonds is 0. The van der Waals surface area contributed by atoms with E-state index in [4.69, 9.17) is 0 Å². The second kappa shape index (κ2) is 5.65. The maximum Gasteiger partial charge on any atom is -0.00213 e. The summed E-state index contributed by atoms with van der Waals surface area (Å²) in [4.78, 5) is 2.36. The molecule has 0 aromatic carbocycles. The van der Waals surface area contributed by atoms with Gasteiger partial charge in [-0.25, -0.2) is 0 Å². The van der Waals surface area contributed by atoms with Crippen molar-refractivity contribution in [3.63, 3.8) is 0 Å². The van der Waals surface area contributed by atoms with Crippen molar-refractivity contribution in [1.82, 2.24) is 4.90 Å². The predicted octanol–water partition coefficient (Wildman–Crippen LogP) is 1.35. The highest BCUT2D eigenvalue weighted by molar-refractivity contribution is 4.73. The number of terminal acetylenes is 1. The van der Waals surface area contributed by atoms with Gasteiger partial charge < -0.3 is 4.90 Å². The minimum absolute atomic E-state index is 1.32. The lowest BCUT2D eigenvalue weighted by Crippen LogP contribution is -2.10. The molecule has 0 radical (unpaired) electrons. The van der Waals surface area contributed by atoms with E-state index < -0.39 is 0 Å². The Morgan fingerprint density at radius 1 is 1.33 bits per heavy atom. The Labute approximate surface area is 58.1 Å². The summed E-state index contributed by atoms with van der Waals surface area (Å²) in [5.41, 5.74) is 0. The van der Waals surface area contributed by atoms with Crippen LogP contribution in [0.25, 0.3) is 0 Å². The van der Waals surface area contributed by atoms with Gasteiger partial charge >= 0.3 is 0 Å². The average Bonchev–Trinajstić information content (AvgIpc) is 2.20. The van der Waals surface area contributed by atoms with E-state index in [1.165, 1.54) is 25.9 Å². The first kappa shape index (κ1) is 8.52. The molecule has 0 aromatic heterocycles. The lowest BCUT2D eigenvalue weighted by molar-refractivity contribution is 0.418. The van der Waals surface area contributed by atoms with Crippen LogP contribution in [0.2, 0.25) is 0 Å². The third-order valence-corrected chi connectivity index (χ3v) is 1.33. The Bertz CT molecular complexity index is 85.2. The fourth-order valence-electron chi connectivity index (χ4n) is 0.875. The van der Waals surface area contributed by atoms with Gasteiger partial charge in [-0.1, -0.05) is 0 Å². The van der Waals surface area contributed by atoms with Crippen LogP contribution in [0.3, 0.4) is 0 Å². The second-order valence-corrected chi connectivity index (χ2v) is 2.30. The summed E-state index contributed by atoms with van der Waals surface area (Å²) in [6, 6.07) is 0. The van der Waals surface area contributed by atoms with Crippen LogP contribution in [0.1, 0.15) is 19.8 Å². The van der Waals surface area contributed by atoms with E-state index in [-0.39, 0.29) is 0 Å². The molecule has 0 amide bonds. The first-order valence-electron chi connectivity index (χ1n) is 3.37. The SMILES string of the molecule is C#CC.CN1CCCC1. The van der Waals surface area contributed by atoms with Gasteiger partial charge in [-0.3, -0.25) is 0 Å². The van der Waals surface area contributed by atoms with Crippen LogP contribution < -0.4 is 0 Å². The van der Waals surface area contributed by atoms with Crippen molar-refractivity contribution in [3.8, 4) is 12.3 Å². The van der Waals surface area contributed by atoms with E-state index in [0.29, 0.717) is 0 Å². The van der Waals surface area contributed by atoms with E-state index in [0.717, 1.165) is 0 Å². The molecular formula is C8H15N. The highest BCUT2D eigenvalue weighted by atomic mass is 15.1. The van der Waals surface area contributed by atoms with Crippen molar-refractivity contribution in [2.45, 2.75) is 19.8 Å². The molecule has 1 rings (SSSR count). The average molecular weight is 125 g/mol. The maximum absolute atomic E-state index is 4.60. The standard InChI is InChI=1S/C5H11N.C3H4/c1-6-4-2-3-5-6;1-3-2/h2-5H2,1H3;1H,2H3. The third kappa shape index (κ3) is 5.39. The molecule has 9 heavy (non-hydrogen) atoms. The molecule has 1 saturated heterocycles. The Morgan fingerprint density at radius 2 is 1.67 bits per heavy atom.